The number of likely N-dealkylation sites (N-methyl/N-ethyl adjacent to an activating group) is 1. The van der Waals surface area contributed by atoms with Crippen molar-refractivity contribution in [3.05, 3.63) is 12.7 Å². The third-order valence-corrected chi connectivity index (χ3v) is 2.99. The summed E-state index contributed by atoms with van der Waals surface area (Å²) >= 11 is 0. The first kappa shape index (κ1) is 11.1. The molecule has 0 radical (unpaired) electrons. The van der Waals surface area contributed by atoms with Gasteiger partial charge in [0.2, 0.25) is 0 Å². The third-order valence-electron chi connectivity index (χ3n) is 2.99. The smallest absolute Gasteiger partial charge is 0.410 e. The Labute approximate surface area is 85.7 Å². The molecule has 0 aliphatic carbocycles. The maximum absolute atomic E-state index is 11.4. The van der Waals surface area contributed by atoms with Gasteiger partial charge in [0.05, 0.1) is 6.04 Å². The molecule has 1 aliphatic heterocycles. The molecular formula is C11H19NO2. The minimum Gasteiger partial charge on any atom is -0.444 e. The van der Waals surface area contributed by atoms with E-state index in [-0.39, 0.29) is 18.2 Å². The molecule has 3 atom stereocenters. The van der Waals surface area contributed by atoms with Gasteiger partial charge < -0.3 is 9.64 Å². The highest BCUT2D eigenvalue weighted by Crippen LogP contribution is 2.27. The van der Waals surface area contributed by atoms with Crippen LogP contribution in [-0.2, 0) is 4.74 Å². The van der Waals surface area contributed by atoms with Crippen LogP contribution >= 0.6 is 0 Å². The largest absolute Gasteiger partial charge is 0.444 e. The van der Waals surface area contributed by atoms with Crippen molar-refractivity contribution in [3.63, 3.8) is 0 Å². The van der Waals surface area contributed by atoms with Crippen LogP contribution in [0.1, 0.15) is 26.7 Å². The van der Waals surface area contributed by atoms with E-state index in [9.17, 15) is 4.79 Å². The number of nitrogens with zero attached hydrogens (tertiary/aromatic N) is 1. The Hall–Kier alpha value is -0.990. The van der Waals surface area contributed by atoms with Gasteiger partial charge in [-0.3, -0.25) is 0 Å². The minimum absolute atomic E-state index is 0.0139. The van der Waals surface area contributed by atoms with Crippen molar-refractivity contribution >= 4 is 6.09 Å². The molecule has 3 heteroatoms. The molecule has 1 saturated heterocycles. The molecule has 80 valence electrons. The van der Waals surface area contributed by atoms with E-state index in [1.54, 1.807) is 4.90 Å². The van der Waals surface area contributed by atoms with Gasteiger partial charge in [-0.15, -0.1) is 6.58 Å². The summed E-state index contributed by atoms with van der Waals surface area (Å²) in [7, 11) is 1.81. The van der Waals surface area contributed by atoms with Crippen molar-refractivity contribution in [3.8, 4) is 0 Å². The molecule has 1 aliphatic rings. The van der Waals surface area contributed by atoms with Crippen molar-refractivity contribution in [2.45, 2.75) is 38.8 Å². The number of carbonyl (C=O) groups excluding carboxylic acids is 1. The van der Waals surface area contributed by atoms with Crippen molar-refractivity contribution in [1.82, 2.24) is 4.90 Å². The quantitative estimate of drug-likeness (QED) is 0.648. The van der Waals surface area contributed by atoms with E-state index in [4.69, 9.17) is 4.74 Å². The summed E-state index contributed by atoms with van der Waals surface area (Å²) < 4.78 is 5.27. The standard InChI is InChI=1S/C11H19NO2/c1-5-7-9-10(8(3)6-2)12(4)11(13)14-9/h5,8-10H,1,6-7H2,2-4H3/t8-,9+,10-/m0/s1. The Balaban J connectivity index is 2.75. The molecule has 0 saturated carbocycles. The average molecular weight is 197 g/mol. The molecule has 0 bridgehead atoms. The molecule has 1 fully saturated rings. The second-order valence-corrected chi connectivity index (χ2v) is 3.93. The Bertz CT molecular complexity index is 227. The molecule has 3 nitrogen and oxygen atoms in total. The van der Waals surface area contributed by atoms with Crippen LogP contribution < -0.4 is 0 Å². The maximum Gasteiger partial charge on any atom is 0.410 e. The number of hydrogen-bond donors (Lipinski definition) is 0. The molecule has 0 aromatic carbocycles. The van der Waals surface area contributed by atoms with E-state index < -0.39 is 0 Å². The Morgan fingerprint density at radius 2 is 2.36 bits per heavy atom. The summed E-state index contributed by atoms with van der Waals surface area (Å²) in [4.78, 5) is 13.1. The van der Waals surface area contributed by atoms with Gasteiger partial charge in [0.15, 0.2) is 0 Å². The monoisotopic (exact) mass is 197 g/mol. The fraction of sp³-hybridized carbons (Fsp3) is 0.727. The van der Waals surface area contributed by atoms with Crippen molar-refractivity contribution in [2.75, 3.05) is 7.05 Å². The summed E-state index contributed by atoms with van der Waals surface area (Å²) in [6.45, 7) is 7.97. The van der Waals surface area contributed by atoms with E-state index in [1.807, 2.05) is 13.1 Å². The summed E-state index contributed by atoms with van der Waals surface area (Å²) in [6.07, 6.45) is 3.39. The Morgan fingerprint density at radius 3 is 2.86 bits per heavy atom. The molecule has 0 aromatic rings. The summed E-state index contributed by atoms with van der Waals surface area (Å²) in [5, 5.41) is 0. The first-order valence-electron chi connectivity index (χ1n) is 5.16. The summed E-state index contributed by atoms with van der Waals surface area (Å²) in [6, 6.07) is 0.200. The first-order valence-corrected chi connectivity index (χ1v) is 5.16. The van der Waals surface area contributed by atoms with Gasteiger partial charge in [-0.1, -0.05) is 26.3 Å². The molecule has 0 aromatic heterocycles. The molecule has 14 heavy (non-hydrogen) atoms. The van der Waals surface area contributed by atoms with Crippen LogP contribution in [0.5, 0.6) is 0 Å². The maximum atomic E-state index is 11.4. The van der Waals surface area contributed by atoms with Gasteiger partial charge in [0, 0.05) is 13.5 Å². The molecule has 0 unspecified atom stereocenters. The molecule has 1 amide bonds. The third kappa shape index (κ3) is 1.91. The Morgan fingerprint density at radius 1 is 1.71 bits per heavy atom. The SMILES string of the molecule is C=CC[C@H]1OC(=O)N(C)[C@H]1[C@@H](C)CC. The van der Waals surface area contributed by atoms with Crippen LogP contribution in [0, 0.1) is 5.92 Å². The van der Waals surface area contributed by atoms with Crippen LogP contribution in [0.15, 0.2) is 12.7 Å². The number of cyclic esters (lactones) is 1. The number of carbonyl (C=O) groups is 1. The lowest BCUT2D eigenvalue weighted by Crippen LogP contribution is -2.38. The van der Waals surface area contributed by atoms with E-state index >= 15 is 0 Å². The van der Waals surface area contributed by atoms with Gasteiger partial charge in [-0.05, 0) is 5.92 Å². The topological polar surface area (TPSA) is 29.5 Å². The van der Waals surface area contributed by atoms with Crippen molar-refractivity contribution in [2.24, 2.45) is 5.92 Å². The molecule has 0 spiro atoms. The van der Waals surface area contributed by atoms with Gasteiger partial charge in [0.1, 0.15) is 6.10 Å². The van der Waals surface area contributed by atoms with Crippen molar-refractivity contribution < 1.29 is 9.53 Å². The number of rotatable bonds is 4. The minimum atomic E-state index is -0.206. The van der Waals surface area contributed by atoms with Crippen LogP contribution in [0.25, 0.3) is 0 Å². The van der Waals surface area contributed by atoms with Crippen molar-refractivity contribution in [1.29, 1.82) is 0 Å². The lowest BCUT2D eigenvalue weighted by Gasteiger charge is -2.26. The first-order chi connectivity index (χ1) is 6.61. The molecule has 0 N–H and O–H groups in total. The van der Waals surface area contributed by atoms with E-state index in [1.165, 1.54) is 0 Å². The van der Waals surface area contributed by atoms with Crippen LogP contribution in [-0.4, -0.2) is 30.2 Å². The number of hydrogen-bond acceptors (Lipinski definition) is 2. The van der Waals surface area contributed by atoms with Gasteiger partial charge >= 0.3 is 6.09 Å². The van der Waals surface area contributed by atoms with E-state index in [0.717, 1.165) is 12.8 Å². The normalized spacial score (nSPS) is 28.8. The second-order valence-electron chi connectivity index (χ2n) is 3.93. The lowest BCUT2D eigenvalue weighted by atomic mass is 9.92. The van der Waals surface area contributed by atoms with Crippen LogP contribution in [0.3, 0.4) is 0 Å². The van der Waals surface area contributed by atoms with Crippen LogP contribution in [0.2, 0.25) is 0 Å². The highest BCUT2D eigenvalue weighted by atomic mass is 16.6. The fourth-order valence-corrected chi connectivity index (χ4v) is 1.99. The highest BCUT2D eigenvalue weighted by molar-refractivity contribution is 5.70. The van der Waals surface area contributed by atoms with E-state index in [0.29, 0.717) is 5.92 Å². The van der Waals surface area contributed by atoms with Gasteiger partial charge in [0.25, 0.3) is 0 Å². The molecule has 1 rings (SSSR count). The zero-order valence-corrected chi connectivity index (χ0v) is 9.19. The molecular weight excluding hydrogens is 178 g/mol. The summed E-state index contributed by atoms with van der Waals surface area (Å²) in [5.41, 5.74) is 0. The predicted octanol–water partition coefficient (Wildman–Crippen LogP) is 2.43. The predicted molar refractivity (Wildman–Crippen MR) is 56.1 cm³/mol. The highest BCUT2D eigenvalue weighted by Gasteiger charge is 2.40. The van der Waals surface area contributed by atoms with Gasteiger partial charge in [-0.25, -0.2) is 4.79 Å². The molecule has 1 heterocycles. The zero-order valence-electron chi connectivity index (χ0n) is 9.19. The second kappa shape index (κ2) is 4.49. The fourth-order valence-electron chi connectivity index (χ4n) is 1.99. The zero-order chi connectivity index (χ0) is 10.7. The van der Waals surface area contributed by atoms with Crippen LogP contribution in [0.4, 0.5) is 4.79 Å². The summed E-state index contributed by atoms with van der Waals surface area (Å²) in [5.74, 6) is 0.469. The number of amides is 1. The number of ether oxygens (including phenoxy) is 1. The Kier molecular flexibility index (Phi) is 3.55. The lowest BCUT2D eigenvalue weighted by molar-refractivity contribution is 0.125. The average Bonchev–Trinajstić information content (AvgIpc) is 2.43. The van der Waals surface area contributed by atoms with E-state index in [2.05, 4.69) is 20.4 Å². The van der Waals surface area contributed by atoms with Gasteiger partial charge in [-0.2, -0.15) is 0 Å².